The van der Waals surface area contributed by atoms with Crippen LogP contribution in [0.5, 0.6) is 0 Å². The maximum atomic E-state index is 12.8. The molecule has 0 radical (unpaired) electrons. The number of hydrogen-bond donors (Lipinski definition) is 0. The van der Waals surface area contributed by atoms with Crippen LogP contribution in [-0.2, 0) is 28.6 Å². The number of esters is 2. The number of hydrogen-bond acceptors (Lipinski definition) is 7. The van der Waals surface area contributed by atoms with Gasteiger partial charge in [-0.2, -0.15) is 0 Å². The summed E-state index contributed by atoms with van der Waals surface area (Å²) in [6, 6.07) is -0.737. The van der Waals surface area contributed by atoms with Gasteiger partial charge < -0.3 is 28.6 Å². The molecule has 0 N–H and O–H groups in total. The summed E-state index contributed by atoms with van der Waals surface area (Å²) in [7, 11) is 5.39. The number of aliphatic carboxylic acids is 1. The number of carbonyl (C=O) groups is 3. The number of likely N-dealkylation sites (N-methyl/N-ethyl adjacent to an activating group) is 1. The van der Waals surface area contributed by atoms with E-state index in [4.69, 9.17) is 14.2 Å². The van der Waals surface area contributed by atoms with Crippen LogP contribution in [0.2, 0.25) is 0 Å². The van der Waals surface area contributed by atoms with Crippen molar-refractivity contribution in [3.05, 3.63) is 72.9 Å². The molecule has 2 atom stereocenters. The minimum absolute atomic E-state index is 0.0207. The Bertz CT molecular complexity index is 1230. The smallest absolute Gasteiger partial charge is 0.306 e. The van der Waals surface area contributed by atoms with E-state index in [0.717, 1.165) is 57.8 Å². The number of carboxylic acids is 1. The molecule has 0 aromatic rings. The van der Waals surface area contributed by atoms with Crippen molar-refractivity contribution < 1.29 is 38.2 Å². The zero-order valence-corrected chi connectivity index (χ0v) is 39.8. The molecule has 61 heavy (non-hydrogen) atoms. The molecule has 0 heterocycles. The first-order valence-corrected chi connectivity index (χ1v) is 24.5. The Balaban J connectivity index is 4.36. The average molecular weight is 854 g/mol. The van der Waals surface area contributed by atoms with E-state index in [0.29, 0.717) is 12.8 Å². The molecule has 0 aromatic heterocycles. The second kappa shape index (κ2) is 43.4. The molecular formula is C53H91NO7. The average Bonchev–Trinajstić information content (AvgIpc) is 3.22. The number of unbranched alkanes of at least 4 members (excludes halogenated alkanes) is 17. The highest BCUT2D eigenvalue weighted by molar-refractivity contribution is 5.70. The van der Waals surface area contributed by atoms with Gasteiger partial charge in [-0.15, -0.1) is 0 Å². The Hall–Kier alpha value is -3.23. The standard InChI is InChI=1S/C53H91NO7/c1-6-8-10-12-14-16-18-20-22-24-25-26-28-30-32-34-36-38-40-42-44-52(56)61-49(47-59-46-45-50(53(57)58)54(3,4)5)48-60-51(55)43-41-39-37-35-33-31-29-27-23-21-19-17-15-13-11-9-7-2/h8,10,14,16,20-23,29,31,35,37,49-50H,6-7,9,11-13,15,17-19,24-28,30,32-34,36,38-48H2,1-5H3/b10-8+,16-14+,22-20+,23-21+,31-29+,37-35+. The SMILES string of the molecule is CC/C=C/C/C=C/C/C=C/CCCCCCCCCCCCC(=O)OC(COCCC(C(=O)[O-])[N+](C)(C)C)COC(=O)CCC/C=C/C/C=C/C/C=C/CCCCCCCC. The van der Waals surface area contributed by atoms with Crippen molar-refractivity contribution in [3.63, 3.8) is 0 Å². The molecule has 0 saturated heterocycles. The van der Waals surface area contributed by atoms with Crippen molar-refractivity contribution in [2.24, 2.45) is 0 Å². The van der Waals surface area contributed by atoms with Gasteiger partial charge in [0.15, 0.2) is 6.10 Å². The van der Waals surface area contributed by atoms with E-state index in [1.54, 1.807) is 21.1 Å². The summed E-state index contributed by atoms with van der Waals surface area (Å²) in [5.41, 5.74) is 0. The number of carboxylic acid groups (broad SMARTS) is 1. The number of carbonyl (C=O) groups excluding carboxylic acids is 3. The van der Waals surface area contributed by atoms with Gasteiger partial charge in [0.1, 0.15) is 12.6 Å². The van der Waals surface area contributed by atoms with E-state index < -0.39 is 18.1 Å². The van der Waals surface area contributed by atoms with Gasteiger partial charge in [-0.3, -0.25) is 9.59 Å². The first kappa shape index (κ1) is 57.8. The van der Waals surface area contributed by atoms with Crippen LogP contribution in [0.25, 0.3) is 0 Å². The van der Waals surface area contributed by atoms with Gasteiger partial charge in [0.2, 0.25) is 0 Å². The third kappa shape index (κ3) is 41.9. The largest absolute Gasteiger partial charge is 0.544 e. The lowest BCUT2D eigenvalue weighted by Crippen LogP contribution is -2.55. The van der Waals surface area contributed by atoms with Gasteiger partial charge in [0.25, 0.3) is 0 Å². The Morgan fingerprint density at radius 1 is 0.508 bits per heavy atom. The molecular weight excluding hydrogens is 763 g/mol. The van der Waals surface area contributed by atoms with Gasteiger partial charge in [-0.25, -0.2) is 0 Å². The molecule has 2 unspecified atom stereocenters. The molecule has 0 aromatic carbocycles. The van der Waals surface area contributed by atoms with E-state index in [-0.39, 0.29) is 49.1 Å². The topological polar surface area (TPSA) is 102 Å². The summed E-state index contributed by atoms with van der Waals surface area (Å²) in [4.78, 5) is 37.0. The minimum atomic E-state index is -1.13. The summed E-state index contributed by atoms with van der Waals surface area (Å²) >= 11 is 0. The fourth-order valence-corrected chi connectivity index (χ4v) is 6.81. The van der Waals surface area contributed by atoms with Gasteiger partial charge in [0.05, 0.1) is 40.3 Å². The lowest BCUT2D eigenvalue weighted by molar-refractivity contribution is -0.889. The number of nitrogens with zero attached hydrogens (tertiary/aromatic N) is 1. The zero-order chi connectivity index (χ0) is 44.9. The lowest BCUT2D eigenvalue weighted by Gasteiger charge is -2.34. The normalized spacial score (nSPS) is 13.5. The summed E-state index contributed by atoms with van der Waals surface area (Å²) in [5, 5.41) is 11.6. The van der Waals surface area contributed by atoms with Gasteiger partial charge in [-0.1, -0.05) is 170 Å². The van der Waals surface area contributed by atoms with Crippen LogP contribution in [0, 0.1) is 0 Å². The van der Waals surface area contributed by atoms with Crippen molar-refractivity contribution >= 4 is 17.9 Å². The van der Waals surface area contributed by atoms with Crippen molar-refractivity contribution in [2.75, 3.05) is 41.0 Å². The first-order valence-electron chi connectivity index (χ1n) is 24.5. The monoisotopic (exact) mass is 854 g/mol. The van der Waals surface area contributed by atoms with Crippen molar-refractivity contribution in [2.45, 2.75) is 206 Å². The molecule has 0 bridgehead atoms. The number of allylic oxidation sites excluding steroid dienone is 12. The Kier molecular flexibility index (Phi) is 41.1. The summed E-state index contributed by atoms with van der Waals surface area (Å²) in [6.07, 6.45) is 55.1. The van der Waals surface area contributed by atoms with Gasteiger partial charge in [-0.05, 0) is 77.0 Å². The molecule has 0 amide bonds. The zero-order valence-electron chi connectivity index (χ0n) is 39.8. The third-order valence-electron chi connectivity index (χ3n) is 10.6. The van der Waals surface area contributed by atoms with Gasteiger partial charge >= 0.3 is 11.9 Å². The highest BCUT2D eigenvalue weighted by atomic mass is 16.6. The van der Waals surface area contributed by atoms with Crippen LogP contribution in [0.1, 0.15) is 194 Å². The van der Waals surface area contributed by atoms with E-state index in [1.807, 2.05) is 0 Å². The highest BCUT2D eigenvalue weighted by Gasteiger charge is 2.25. The fraction of sp³-hybridized carbons (Fsp3) is 0.717. The minimum Gasteiger partial charge on any atom is -0.544 e. The molecule has 0 fully saturated rings. The van der Waals surface area contributed by atoms with E-state index >= 15 is 0 Å². The van der Waals surface area contributed by atoms with Crippen LogP contribution in [0.4, 0.5) is 0 Å². The number of ether oxygens (including phenoxy) is 3. The van der Waals surface area contributed by atoms with Crippen LogP contribution in [-0.4, -0.2) is 75.5 Å². The van der Waals surface area contributed by atoms with E-state index in [2.05, 4.69) is 86.8 Å². The lowest BCUT2D eigenvalue weighted by atomic mass is 10.0. The molecule has 0 aliphatic rings. The maximum Gasteiger partial charge on any atom is 0.306 e. The van der Waals surface area contributed by atoms with Crippen LogP contribution >= 0.6 is 0 Å². The van der Waals surface area contributed by atoms with Crippen LogP contribution in [0.15, 0.2) is 72.9 Å². The predicted octanol–water partition coefficient (Wildman–Crippen LogP) is 12.6. The van der Waals surface area contributed by atoms with E-state index in [1.165, 1.54) is 96.3 Å². The second-order valence-electron chi connectivity index (χ2n) is 17.3. The second-order valence-corrected chi connectivity index (χ2v) is 17.3. The first-order chi connectivity index (χ1) is 29.6. The Morgan fingerprint density at radius 2 is 0.934 bits per heavy atom. The maximum absolute atomic E-state index is 12.8. The van der Waals surface area contributed by atoms with E-state index in [9.17, 15) is 19.5 Å². The Morgan fingerprint density at radius 3 is 1.41 bits per heavy atom. The quantitative estimate of drug-likeness (QED) is 0.0260. The molecule has 0 rings (SSSR count). The van der Waals surface area contributed by atoms with Crippen LogP contribution in [0.3, 0.4) is 0 Å². The molecule has 8 nitrogen and oxygen atoms in total. The van der Waals surface area contributed by atoms with Crippen molar-refractivity contribution in [1.29, 1.82) is 0 Å². The summed E-state index contributed by atoms with van der Waals surface area (Å²) in [5.74, 6) is -1.81. The van der Waals surface area contributed by atoms with Crippen molar-refractivity contribution in [3.8, 4) is 0 Å². The Labute approximate surface area is 374 Å². The molecule has 0 aliphatic heterocycles. The molecule has 0 spiro atoms. The third-order valence-corrected chi connectivity index (χ3v) is 10.6. The summed E-state index contributed by atoms with van der Waals surface area (Å²) in [6.45, 7) is 4.49. The predicted molar refractivity (Wildman–Crippen MR) is 254 cm³/mol. The van der Waals surface area contributed by atoms with Gasteiger partial charge in [0, 0.05) is 19.3 Å². The highest BCUT2D eigenvalue weighted by Crippen LogP contribution is 2.14. The number of quaternary nitrogens is 1. The molecule has 0 saturated carbocycles. The van der Waals surface area contributed by atoms with Crippen LogP contribution < -0.4 is 5.11 Å². The number of rotatable bonds is 43. The summed E-state index contributed by atoms with van der Waals surface area (Å²) < 4.78 is 17.2. The molecule has 0 aliphatic carbocycles. The fourth-order valence-electron chi connectivity index (χ4n) is 6.81. The molecule has 350 valence electrons. The van der Waals surface area contributed by atoms with Crippen molar-refractivity contribution in [1.82, 2.24) is 0 Å². The molecule has 8 heteroatoms.